The third-order valence-electron chi connectivity index (χ3n) is 3.36. The summed E-state index contributed by atoms with van der Waals surface area (Å²) in [6, 6.07) is 9.15. The Labute approximate surface area is 113 Å². The van der Waals surface area contributed by atoms with Crippen LogP contribution in [0.5, 0.6) is 0 Å². The summed E-state index contributed by atoms with van der Waals surface area (Å²) in [5.74, 6) is 0. The Hall–Kier alpha value is -0.643. The van der Waals surface area contributed by atoms with E-state index in [0.29, 0.717) is 0 Å². The van der Waals surface area contributed by atoms with Crippen LogP contribution in [0.2, 0.25) is 19.6 Å². The summed E-state index contributed by atoms with van der Waals surface area (Å²) in [5.41, 5.74) is 1.39. The molecule has 1 aromatic carbocycles. The molecule has 0 aliphatic rings. The van der Waals surface area contributed by atoms with Crippen LogP contribution in [0.15, 0.2) is 24.3 Å². The molecule has 0 saturated carbocycles. The summed E-state index contributed by atoms with van der Waals surface area (Å²) < 4.78 is 0. The van der Waals surface area contributed by atoms with Gasteiger partial charge in [0.1, 0.15) is 0 Å². The van der Waals surface area contributed by atoms with Gasteiger partial charge in [0.05, 0.1) is 8.07 Å². The number of rotatable bonds is 7. The highest BCUT2D eigenvalue weighted by molar-refractivity contribution is 6.88. The normalized spacial score (nSPS) is 12.1. The maximum Gasteiger partial charge on any atom is 0.0775 e. The lowest BCUT2D eigenvalue weighted by Gasteiger charge is -2.17. The monoisotopic (exact) mass is 264 g/mol. The van der Waals surface area contributed by atoms with Crippen molar-refractivity contribution in [2.75, 3.05) is 26.7 Å². The predicted octanol–water partition coefficient (Wildman–Crippen LogP) is 2.27. The molecule has 0 atom stereocenters. The van der Waals surface area contributed by atoms with Crippen LogP contribution < -0.4 is 10.5 Å². The molecule has 0 aliphatic heterocycles. The second-order valence-electron chi connectivity index (χ2n) is 6.02. The van der Waals surface area contributed by atoms with E-state index in [2.05, 4.69) is 68.1 Å². The zero-order chi connectivity index (χ0) is 13.6. The average molecular weight is 264 g/mol. The molecule has 0 spiro atoms. The SMILES string of the molecule is CCN(C)CCNCc1ccc([Si](C)(C)C)cc1. The van der Waals surface area contributed by atoms with Gasteiger partial charge in [-0.25, -0.2) is 0 Å². The fourth-order valence-corrected chi connectivity index (χ4v) is 2.95. The van der Waals surface area contributed by atoms with E-state index in [1.54, 1.807) is 0 Å². The third kappa shape index (κ3) is 5.34. The van der Waals surface area contributed by atoms with Crippen LogP contribution in [-0.4, -0.2) is 39.7 Å². The molecule has 2 nitrogen and oxygen atoms in total. The summed E-state index contributed by atoms with van der Waals surface area (Å²) in [6.45, 7) is 13.6. The molecule has 102 valence electrons. The van der Waals surface area contributed by atoms with Crippen LogP contribution in [0.4, 0.5) is 0 Å². The molecule has 0 unspecified atom stereocenters. The van der Waals surface area contributed by atoms with Crippen LogP contribution in [-0.2, 0) is 6.54 Å². The van der Waals surface area contributed by atoms with Gasteiger partial charge in [-0.15, -0.1) is 0 Å². The second-order valence-corrected chi connectivity index (χ2v) is 11.1. The molecule has 0 aliphatic carbocycles. The van der Waals surface area contributed by atoms with E-state index >= 15 is 0 Å². The van der Waals surface area contributed by atoms with E-state index in [-0.39, 0.29) is 0 Å². The van der Waals surface area contributed by atoms with Gasteiger partial charge in [0.2, 0.25) is 0 Å². The van der Waals surface area contributed by atoms with Gasteiger partial charge in [-0.05, 0) is 19.2 Å². The van der Waals surface area contributed by atoms with Crippen molar-refractivity contribution in [3.8, 4) is 0 Å². The van der Waals surface area contributed by atoms with Gasteiger partial charge < -0.3 is 10.2 Å². The lowest BCUT2D eigenvalue weighted by Crippen LogP contribution is -2.37. The van der Waals surface area contributed by atoms with Crippen molar-refractivity contribution in [2.45, 2.75) is 33.1 Å². The minimum Gasteiger partial charge on any atom is -0.311 e. The van der Waals surface area contributed by atoms with Crippen molar-refractivity contribution < 1.29 is 0 Å². The Bertz CT molecular complexity index is 341. The minimum absolute atomic E-state index is 0.976. The van der Waals surface area contributed by atoms with Crippen molar-refractivity contribution in [3.05, 3.63) is 29.8 Å². The number of nitrogens with one attached hydrogen (secondary N) is 1. The second kappa shape index (κ2) is 7.07. The molecular formula is C15H28N2Si. The molecular weight excluding hydrogens is 236 g/mol. The molecule has 18 heavy (non-hydrogen) atoms. The summed E-state index contributed by atoms with van der Waals surface area (Å²) in [7, 11) is 1.02. The van der Waals surface area contributed by atoms with Crippen LogP contribution in [0.3, 0.4) is 0 Å². The maximum atomic E-state index is 3.49. The van der Waals surface area contributed by atoms with Crippen LogP contribution >= 0.6 is 0 Å². The molecule has 0 saturated heterocycles. The molecule has 0 fully saturated rings. The van der Waals surface area contributed by atoms with Gasteiger partial charge in [-0.1, -0.05) is 56.0 Å². The van der Waals surface area contributed by atoms with E-state index in [0.717, 1.165) is 26.2 Å². The Morgan fingerprint density at radius 1 is 1.11 bits per heavy atom. The predicted molar refractivity (Wildman–Crippen MR) is 84.3 cm³/mol. The highest BCUT2D eigenvalue weighted by Gasteiger charge is 2.15. The van der Waals surface area contributed by atoms with Gasteiger partial charge in [-0.2, -0.15) is 0 Å². The van der Waals surface area contributed by atoms with E-state index < -0.39 is 8.07 Å². The van der Waals surface area contributed by atoms with Crippen molar-refractivity contribution in [2.24, 2.45) is 0 Å². The molecule has 1 N–H and O–H groups in total. The van der Waals surface area contributed by atoms with Crippen LogP contribution in [0.1, 0.15) is 12.5 Å². The highest BCUT2D eigenvalue weighted by atomic mass is 28.3. The van der Waals surface area contributed by atoms with Crippen LogP contribution in [0, 0.1) is 0 Å². The van der Waals surface area contributed by atoms with Crippen LogP contribution in [0.25, 0.3) is 0 Å². The van der Waals surface area contributed by atoms with Crippen molar-refractivity contribution in [3.63, 3.8) is 0 Å². The summed E-state index contributed by atoms with van der Waals surface area (Å²) in [4.78, 5) is 2.32. The molecule has 0 amide bonds. The lowest BCUT2D eigenvalue weighted by molar-refractivity contribution is 0.349. The van der Waals surface area contributed by atoms with Gasteiger partial charge in [0, 0.05) is 19.6 Å². The molecule has 0 heterocycles. The molecule has 3 heteroatoms. The number of hydrogen-bond acceptors (Lipinski definition) is 2. The fraction of sp³-hybridized carbons (Fsp3) is 0.600. The van der Waals surface area contributed by atoms with Crippen molar-refractivity contribution >= 4 is 13.3 Å². The largest absolute Gasteiger partial charge is 0.311 e. The Kier molecular flexibility index (Phi) is 6.06. The Morgan fingerprint density at radius 3 is 2.22 bits per heavy atom. The van der Waals surface area contributed by atoms with Gasteiger partial charge in [-0.3, -0.25) is 0 Å². The molecule has 1 rings (SSSR count). The van der Waals surface area contributed by atoms with E-state index in [1.165, 1.54) is 10.8 Å². The topological polar surface area (TPSA) is 15.3 Å². The standard InChI is InChI=1S/C15H28N2Si/c1-6-17(2)12-11-16-13-14-7-9-15(10-8-14)18(3,4)5/h7-10,16H,6,11-13H2,1-5H3. The number of likely N-dealkylation sites (N-methyl/N-ethyl adjacent to an activating group) is 1. The number of nitrogens with zero attached hydrogens (tertiary/aromatic N) is 1. The van der Waals surface area contributed by atoms with Crippen molar-refractivity contribution in [1.29, 1.82) is 0 Å². The lowest BCUT2D eigenvalue weighted by atomic mass is 10.2. The zero-order valence-corrected chi connectivity index (χ0v) is 13.6. The number of hydrogen-bond donors (Lipinski definition) is 1. The van der Waals surface area contributed by atoms with Crippen molar-refractivity contribution in [1.82, 2.24) is 10.2 Å². The van der Waals surface area contributed by atoms with Gasteiger partial charge in [0.15, 0.2) is 0 Å². The highest BCUT2D eigenvalue weighted by Crippen LogP contribution is 2.04. The first-order valence-electron chi connectivity index (χ1n) is 6.92. The smallest absolute Gasteiger partial charge is 0.0775 e. The maximum absolute atomic E-state index is 3.49. The fourth-order valence-electron chi connectivity index (χ4n) is 1.78. The van der Waals surface area contributed by atoms with Gasteiger partial charge in [0.25, 0.3) is 0 Å². The Morgan fingerprint density at radius 2 is 1.72 bits per heavy atom. The number of benzene rings is 1. The van der Waals surface area contributed by atoms with E-state index in [4.69, 9.17) is 0 Å². The zero-order valence-electron chi connectivity index (χ0n) is 12.6. The first kappa shape index (κ1) is 15.4. The summed E-state index contributed by atoms with van der Waals surface area (Å²) >= 11 is 0. The average Bonchev–Trinajstić information content (AvgIpc) is 2.33. The quantitative estimate of drug-likeness (QED) is 0.600. The molecule has 0 bridgehead atoms. The molecule has 0 aromatic heterocycles. The molecule has 1 aromatic rings. The Balaban J connectivity index is 2.36. The molecule has 0 radical (unpaired) electrons. The third-order valence-corrected chi connectivity index (χ3v) is 5.42. The first-order chi connectivity index (χ1) is 8.43. The van der Waals surface area contributed by atoms with E-state index in [9.17, 15) is 0 Å². The van der Waals surface area contributed by atoms with E-state index in [1.807, 2.05) is 0 Å². The first-order valence-corrected chi connectivity index (χ1v) is 10.4. The minimum atomic E-state index is -1.14. The summed E-state index contributed by atoms with van der Waals surface area (Å²) in [6.07, 6.45) is 0. The summed E-state index contributed by atoms with van der Waals surface area (Å²) in [5, 5.41) is 5.03. The van der Waals surface area contributed by atoms with Gasteiger partial charge >= 0.3 is 0 Å².